The van der Waals surface area contributed by atoms with Gasteiger partial charge in [0, 0.05) is 24.8 Å². The minimum absolute atomic E-state index is 0.0210. The molecule has 0 aliphatic carbocycles. The number of halogens is 4. The lowest BCUT2D eigenvalue weighted by molar-refractivity contribution is -0.274. The Hall–Kier alpha value is -2.00. The van der Waals surface area contributed by atoms with Crippen molar-refractivity contribution in [1.82, 2.24) is 4.90 Å². The maximum atomic E-state index is 12.6. The van der Waals surface area contributed by atoms with Crippen LogP contribution in [0, 0.1) is 0 Å². The molecule has 0 unspecified atom stereocenters. The Morgan fingerprint density at radius 2 is 1.96 bits per heavy atom. The molecular formula is C15H15ClF3NO5. The van der Waals surface area contributed by atoms with Gasteiger partial charge in [0.2, 0.25) is 0 Å². The number of rotatable bonds is 5. The third-order valence-corrected chi connectivity index (χ3v) is 3.90. The number of nitrogens with zero attached hydrogens (tertiary/aromatic N) is 1. The van der Waals surface area contributed by atoms with Crippen molar-refractivity contribution in [3.63, 3.8) is 0 Å². The first-order valence-electron chi connectivity index (χ1n) is 7.33. The average Bonchev–Trinajstić information content (AvgIpc) is 2.53. The van der Waals surface area contributed by atoms with Gasteiger partial charge < -0.3 is 19.5 Å². The Kier molecular flexibility index (Phi) is 6.12. The van der Waals surface area contributed by atoms with Gasteiger partial charge >= 0.3 is 12.3 Å². The Morgan fingerprint density at radius 3 is 2.48 bits per heavy atom. The summed E-state index contributed by atoms with van der Waals surface area (Å²) >= 11 is 5.74. The molecule has 0 atom stereocenters. The summed E-state index contributed by atoms with van der Waals surface area (Å²) in [6.45, 7) is 0.266. The molecule has 1 heterocycles. The number of hydrogen-bond donors (Lipinski definition) is 1. The second-order valence-corrected chi connectivity index (χ2v) is 5.77. The number of benzene rings is 1. The van der Waals surface area contributed by atoms with Crippen LogP contribution in [0.15, 0.2) is 18.2 Å². The van der Waals surface area contributed by atoms with E-state index >= 15 is 0 Å². The lowest BCUT2D eigenvalue weighted by Gasteiger charge is -2.33. The van der Waals surface area contributed by atoms with E-state index in [4.69, 9.17) is 21.4 Å². The van der Waals surface area contributed by atoms with Crippen LogP contribution in [0.5, 0.6) is 5.75 Å². The van der Waals surface area contributed by atoms with Gasteiger partial charge in [0.1, 0.15) is 12.3 Å². The zero-order chi connectivity index (χ0) is 18.6. The predicted octanol–water partition coefficient (Wildman–Crippen LogP) is 2.94. The van der Waals surface area contributed by atoms with Crippen LogP contribution in [0.4, 0.5) is 13.2 Å². The maximum Gasteiger partial charge on any atom is 0.573 e. The van der Waals surface area contributed by atoms with Crippen molar-refractivity contribution in [1.29, 1.82) is 0 Å². The Bertz CT molecular complexity index is 647. The highest BCUT2D eigenvalue weighted by Gasteiger charge is 2.33. The van der Waals surface area contributed by atoms with Crippen LogP contribution < -0.4 is 4.74 Å². The van der Waals surface area contributed by atoms with E-state index in [1.165, 1.54) is 4.90 Å². The quantitative estimate of drug-likeness (QED) is 0.848. The summed E-state index contributed by atoms with van der Waals surface area (Å²) in [6.07, 6.45) is -3.96. The normalized spacial score (nSPS) is 15.7. The van der Waals surface area contributed by atoms with Crippen LogP contribution in [-0.2, 0) is 9.53 Å². The molecule has 0 saturated carbocycles. The molecule has 2 rings (SSSR count). The fourth-order valence-electron chi connectivity index (χ4n) is 2.52. The van der Waals surface area contributed by atoms with Gasteiger partial charge in [-0.15, -0.1) is 13.2 Å². The van der Waals surface area contributed by atoms with Crippen molar-refractivity contribution in [3.05, 3.63) is 28.8 Å². The van der Waals surface area contributed by atoms with Gasteiger partial charge in [0.05, 0.1) is 5.02 Å². The van der Waals surface area contributed by atoms with Gasteiger partial charge in [-0.3, -0.25) is 9.59 Å². The molecule has 1 N–H and O–H groups in total. The molecule has 25 heavy (non-hydrogen) atoms. The van der Waals surface area contributed by atoms with E-state index in [1.54, 1.807) is 0 Å². The number of ether oxygens (including phenoxy) is 2. The number of carbonyl (C=O) groups excluding carboxylic acids is 1. The molecule has 0 bridgehead atoms. The fraction of sp³-hybridized carbons (Fsp3) is 0.467. The number of aliphatic carboxylic acids is 1. The Morgan fingerprint density at radius 1 is 1.32 bits per heavy atom. The zero-order valence-electron chi connectivity index (χ0n) is 12.9. The molecule has 6 nitrogen and oxygen atoms in total. The topological polar surface area (TPSA) is 76.1 Å². The van der Waals surface area contributed by atoms with Crippen molar-refractivity contribution in [3.8, 4) is 5.75 Å². The molecule has 1 fully saturated rings. The number of carboxylic acid groups (broad SMARTS) is 1. The highest BCUT2D eigenvalue weighted by atomic mass is 35.5. The molecule has 10 heteroatoms. The third-order valence-electron chi connectivity index (χ3n) is 3.60. The fourth-order valence-corrected chi connectivity index (χ4v) is 2.74. The highest BCUT2D eigenvalue weighted by molar-refractivity contribution is 6.32. The molecule has 1 saturated heterocycles. The van der Waals surface area contributed by atoms with E-state index in [9.17, 15) is 22.8 Å². The van der Waals surface area contributed by atoms with Gasteiger partial charge in [0.25, 0.3) is 5.91 Å². The van der Waals surface area contributed by atoms with E-state index in [2.05, 4.69) is 4.74 Å². The SMILES string of the molecule is O=C(O)CN(C(=O)c1ccc(OC(F)(F)F)c(Cl)c1)C1CCOCC1. The van der Waals surface area contributed by atoms with Crippen LogP contribution in [0.2, 0.25) is 5.02 Å². The summed E-state index contributed by atoms with van der Waals surface area (Å²) in [5.41, 5.74) is -0.0210. The number of alkyl halides is 3. The minimum atomic E-state index is -4.91. The van der Waals surface area contributed by atoms with Crippen molar-refractivity contribution in [2.75, 3.05) is 19.8 Å². The van der Waals surface area contributed by atoms with Crippen LogP contribution in [0.1, 0.15) is 23.2 Å². The lowest BCUT2D eigenvalue weighted by Crippen LogP contribution is -2.46. The Balaban J connectivity index is 2.22. The van der Waals surface area contributed by atoms with Crippen LogP contribution >= 0.6 is 11.6 Å². The predicted molar refractivity (Wildman–Crippen MR) is 80.6 cm³/mol. The van der Waals surface area contributed by atoms with Crippen molar-refractivity contribution >= 4 is 23.5 Å². The molecule has 1 aliphatic rings. The molecule has 138 valence electrons. The van der Waals surface area contributed by atoms with Gasteiger partial charge in [-0.1, -0.05) is 11.6 Å². The van der Waals surface area contributed by atoms with Crippen LogP contribution in [0.25, 0.3) is 0 Å². The lowest BCUT2D eigenvalue weighted by atomic mass is 10.1. The van der Waals surface area contributed by atoms with E-state index in [0.29, 0.717) is 26.1 Å². The summed E-state index contributed by atoms with van der Waals surface area (Å²) in [6, 6.07) is 2.73. The molecule has 1 aliphatic heterocycles. The van der Waals surface area contributed by atoms with Gasteiger partial charge in [-0.05, 0) is 31.0 Å². The summed E-state index contributed by atoms with van der Waals surface area (Å²) in [5, 5.41) is 8.64. The summed E-state index contributed by atoms with van der Waals surface area (Å²) in [4.78, 5) is 24.9. The molecule has 1 aromatic rings. The van der Waals surface area contributed by atoms with Crippen LogP contribution in [0.3, 0.4) is 0 Å². The van der Waals surface area contributed by atoms with Gasteiger partial charge in [0.15, 0.2) is 0 Å². The molecule has 0 radical (unpaired) electrons. The molecule has 1 aromatic carbocycles. The maximum absolute atomic E-state index is 12.6. The third kappa shape index (κ3) is 5.50. The van der Waals surface area contributed by atoms with Crippen LogP contribution in [-0.4, -0.2) is 54.0 Å². The second-order valence-electron chi connectivity index (χ2n) is 5.36. The van der Waals surface area contributed by atoms with Crippen molar-refractivity contribution in [2.24, 2.45) is 0 Å². The molecule has 1 amide bonds. The second kappa shape index (κ2) is 7.92. The monoisotopic (exact) mass is 381 g/mol. The number of carbonyl (C=O) groups is 2. The standard InChI is InChI=1S/C15H15ClF3NO5/c16-11-7-9(1-2-12(11)25-15(17,18)19)14(23)20(8-13(21)22)10-3-5-24-6-4-10/h1-2,7,10H,3-6,8H2,(H,21,22). The first kappa shape index (κ1) is 19.3. The smallest absolute Gasteiger partial charge is 0.480 e. The average molecular weight is 382 g/mol. The summed E-state index contributed by atoms with van der Waals surface area (Å²) in [7, 11) is 0. The minimum Gasteiger partial charge on any atom is -0.480 e. The van der Waals surface area contributed by atoms with Gasteiger partial charge in [-0.2, -0.15) is 0 Å². The van der Waals surface area contributed by atoms with Crippen molar-refractivity contribution in [2.45, 2.75) is 25.2 Å². The molecule has 0 spiro atoms. The number of carboxylic acids is 1. The Labute approximate surface area is 146 Å². The first-order valence-corrected chi connectivity index (χ1v) is 7.71. The summed E-state index contributed by atoms with van der Waals surface area (Å²) in [5.74, 6) is -2.46. The molecular weight excluding hydrogens is 367 g/mol. The highest BCUT2D eigenvalue weighted by Crippen LogP contribution is 2.31. The van der Waals surface area contributed by atoms with Gasteiger partial charge in [-0.25, -0.2) is 0 Å². The van der Waals surface area contributed by atoms with E-state index in [-0.39, 0.29) is 11.6 Å². The van der Waals surface area contributed by atoms with E-state index in [0.717, 1.165) is 18.2 Å². The number of amides is 1. The molecule has 0 aromatic heterocycles. The van der Waals surface area contributed by atoms with Crippen molar-refractivity contribution < 1.29 is 37.3 Å². The first-order chi connectivity index (χ1) is 11.7. The number of hydrogen-bond acceptors (Lipinski definition) is 4. The van der Waals surface area contributed by atoms with E-state index < -0.39 is 35.6 Å². The van der Waals surface area contributed by atoms with E-state index in [1.807, 2.05) is 0 Å². The zero-order valence-corrected chi connectivity index (χ0v) is 13.6. The summed E-state index contributed by atoms with van der Waals surface area (Å²) < 4.78 is 45.7. The largest absolute Gasteiger partial charge is 0.573 e.